The van der Waals surface area contributed by atoms with Gasteiger partial charge in [0.05, 0.1) is 23.8 Å². The van der Waals surface area contributed by atoms with E-state index in [-0.39, 0.29) is 24.6 Å². The maximum Gasteiger partial charge on any atom is 0.358 e. The molecule has 0 heterocycles. The number of aliphatic hydroxyl groups is 2. The Bertz CT molecular complexity index is 781. The first-order chi connectivity index (χ1) is 13.1. The van der Waals surface area contributed by atoms with Crippen LogP contribution < -0.4 is 4.90 Å². The van der Waals surface area contributed by atoms with E-state index in [0.717, 1.165) is 11.0 Å². The summed E-state index contributed by atoms with van der Waals surface area (Å²) in [6.07, 6.45) is 0. The molecule has 1 aromatic rings. The molecular formula is C18H22N2O8. The molecule has 1 rings (SSSR count). The van der Waals surface area contributed by atoms with Crippen LogP contribution in [0.4, 0.5) is 11.4 Å². The molecule has 0 saturated heterocycles. The topological polar surface area (TPSA) is 139 Å². The van der Waals surface area contributed by atoms with Crippen LogP contribution in [0.2, 0.25) is 0 Å². The minimum absolute atomic E-state index is 0.0328. The lowest BCUT2D eigenvalue weighted by molar-refractivity contribution is -0.384. The summed E-state index contributed by atoms with van der Waals surface area (Å²) in [7, 11) is 0. The van der Waals surface area contributed by atoms with Crippen molar-refractivity contribution in [2.75, 3.05) is 18.1 Å². The Balaban J connectivity index is 3.81. The number of carbonyl (C=O) groups is 2. The average Bonchev–Trinajstić information content (AvgIpc) is 2.61. The molecule has 0 fully saturated rings. The standard InChI is InChI=1S/C18H22N2O8/c1-5-27-17(23)15(11(3)21)19(16(12(4)22)18(24)28-6-2)13-8-7-9-14(10-13)20(25)26/h7-10,21-22H,5-6H2,1-4H3/b15-11+,16-12+. The van der Waals surface area contributed by atoms with E-state index in [1.807, 2.05) is 0 Å². The average molecular weight is 394 g/mol. The number of anilines is 1. The van der Waals surface area contributed by atoms with Crippen LogP contribution in [0.3, 0.4) is 0 Å². The summed E-state index contributed by atoms with van der Waals surface area (Å²) in [5, 5.41) is 31.4. The first kappa shape index (κ1) is 22.5. The van der Waals surface area contributed by atoms with Crippen molar-refractivity contribution in [2.24, 2.45) is 0 Å². The van der Waals surface area contributed by atoms with Gasteiger partial charge in [0, 0.05) is 12.1 Å². The van der Waals surface area contributed by atoms with E-state index in [4.69, 9.17) is 9.47 Å². The van der Waals surface area contributed by atoms with Gasteiger partial charge in [0.2, 0.25) is 0 Å². The van der Waals surface area contributed by atoms with Crippen LogP contribution in [0.15, 0.2) is 47.2 Å². The van der Waals surface area contributed by atoms with Crippen molar-refractivity contribution in [3.63, 3.8) is 0 Å². The van der Waals surface area contributed by atoms with Crippen LogP contribution in [0, 0.1) is 10.1 Å². The van der Waals surface area contributed by atoms with E-state index in [0.29, 0.717) is 0 Å². The Morgan fingerprint density at radius 2 is 1.50 bits per heavy atom. The lowest BCUT2D eigenvalue weighted by atomic mass is 10.2. The fourth-order valence-electron chi connectivity index (χ4n) is 2.32. The number of nitrogens with zero attached hydrogens (tertiary/aromatic N) is 2. The van der Waals surface area contributed by atoms with Gasteiger partial charge in [-0.1, -0.05) is 6.07 Å². The second-order valence-electron chi connectivity index (χ2n) is 5.42. The van der Waals surface area contributed by atoms with Gasteiger partial charge < -0.3 is 19.7 Å². The molecule has 10 heteroatoms. The van der Waals surface area contributed by atoms with E-state index in [1.54, 1.807) is 13.8 Å². The maximum atomic E-state index is 12.5. The molecule has 0 aliphatic heterocycles. The predicted molar refractivity (Wildman–Crippen MR) is 99.5 cm³/mol. The molecule has 0 atom stereocenters. The molecule has 0 unspecified atom stereocenters. The quantitative estimate of drug-likeness (QED) is 0.224. The number of hydrogen-bond donors (Lipinski definition) is 2. The second-order valence-corrected chi connectivity index (χ2v) is 5.42. The number of allylic oxidation sites excluding steroid dienone is 2. The number of benzene rings is 1. The zero-order valence-electron chi connectivity index (χ0n) is 16.0. The Hall–Kier alpha value is -3.56. The van der Waals surface area contributed by atoms with Crippen molar-refractivity contribution in [3.8, 4) is 0 Å². The highest BCUT2D eigenvalue weighted by Crippen LogP contribution is 2.31. The van der Waals surface area contributed by atoms with Gasteiger partial charge in [-0.15, -0.1) is 0 Å². The van der Waals surface area contributed by atoms with Crippen LogP contribution in [0.25, 0.3) is 0 Å². The van der Waals surface area contributed by atoms with Crippen LogP contribution >= 0.6 is 0 Å². The van der Waals surface area contributed by atoms with Crippen molar-refractivity contribution in [2.45, 2.75) is 27.7 Å². The second kappa shape index (κ2) is 9.95. The first-order valence-corrected chi connectivity index (χ1v) is 8.34. The third kappa shape index (κ3) is 5.22. The molecule has 28 heavy (non-hydrogen) atoms. The van der Waals surface area contributed by atoms with Gasteiger partial charge in [-0.25, -0.2) is 9.59 Å². The van der Waals surface area contributed by atoms with Crippen LogP contribution in [-0.2, 0) is 19.1 Å². The van der Waals surface area contributed by atoms with Crippen LogP contribution in [0.1, 0.15) is 27.7 Å². The monoisotopic (exact) mass is 394 g/mol. The highest BCUT2D eigenvalue weighted by atomic mass is 16.6. The van der Waals surface area contributed by atoms with Crippen LogP contribution in [0.5, 0.6) is 0 Å². The molecule has 0 aromatic heterocycles. The zero-order valence-corrected chi connectivity index (χ0v) is 16.0. The van der Waals surface area contributed by atoms with Crippen molar-refractivity contribution in [3.05, 3.63) is 57.3 Å². The Morgan fingerprint density at radius 1 is 1.04 bits per heavy atom. The summed E-state index contributed by atoms with van der Waals surface area (Å²) in [5.74, 6) is -3.07. The Labute approximate surface area is 161 Å². The van der Waals surface area contributed by atoms with E-state index in [1.165, 1.54) is 32.0 Å². The number of non-ortho nitro benzene ring substituents is 1. The molecule has 0 amide bonds. The lowest BCUT2D eigenvalue weighted by Crippen LogP contribution is -2.34. The highest BCUT2D eigenvalue weighted by molar-refractivity contribution is 6.02. The minimum atomic E-state index is -1.00. The van der Waals surface area contributed by atoms with E-state index in [9.17, 15) is 29.9 Å². The van der Waals surface area contributed by atoms with Gasteiger partial charge >= 0.3 is 11.9 Å². The number of rotatable bonds is 8. The number of carbonyl (C=O) groups excluding carboxylic acids is 2. The normalized spacial score (nSPS) is 12.4. The molecule has 2 N–H and O–H groups in total. The maximum absolute atomic E-state index is 12.5. The summed E-state index contributed by atoms with van der Waals surface area (Å²) in [6.45, 7) is 5.36. The molecule has 0 radical (unpaired) electrons. The molecule has 0 aliphatic rings. The van der Waals surface area contributed by atoms with Crippen molar-refractivity contribution >= 4 is 23.3 Å². The van der Waals surface area contributed by atoms with Gasteiger partial charge in [0.15, 0.2) is 11.4 Å². The smallest absolute Gasteiger partial charge is 0.358 e. The molecule has 10 nitrogen and oxygen atoms in total. The Kier molecular flexibility index (Phi) is 7.99. The van der Waals surface area contributed by atoms with Gasteiger partial charge in [-0.3, -0.25) is 15.0 Å². The van der Waals surface area contributed by atoms with Crippen molar-refractivity contribution in [1.29, 1.82) is 0 Å². The SMILES string of the molecule is CCOC(=O)/C(=C(/C)O)N(/C(C(=O)OCC)=C(\C)O)c1cccc([N+](=O)[O-])c1. The summed E-state index contributed by atoms with van der Waals surface area (Å²) >= 11 is 0. The lowest BCUT2D eigenvalue weighted by Gasteiger charge is -2.28. The fourth-order valence-corrected chi connectivity index (χ4v) is 2.32. The number of nitro benzene ring substituents is 1. The van der Waals surface area contributed by atoms with Crippen molar-refractivity contribution in [1.82, 2.24) is 0 Å². The van der Waals surface area contributed by atoms with Gasteiger partial charge in [0.1, 0.15) is 11.5 Å². The van der Waals surface area contributed by atoms with Gasteiger partial charge in [0.25, 0.3) is 5.69 Å². The third-order valence-electron chi connectivity index (χ3n) is 3.37. The summed E-state index contributed by atoms with van der Waals surface area (Å²) in [5.41, 5.74) is -1.38. The predicted octanol–water partition coefficient (Wildman–Crippen LogP) is 3.11. The molecule has 0 aliphatic carbocycles. The molecule has 152 valence electrons. The Morgan fingerprint density at radius 3 is 1.86 bits per heavy atom. The highest BCUT2D eigenvalue weighted by Gasteiger charge is 2.33. The molecule has 0 bridgehead atoms. The summed E-state index contributed by atoms with van der Waals surface area (Å²) in [6, 6.07) is 4.97. The summed E-state index contributed by atoms with van der Waals surface area (Å²) in [4.78, 5) is 36.2. The molecule has 0 saturated carbocycles. The van der Waals surface area contributed by atoms with Crippen molar-refractivity contribution < 1.29 is 34.2 Å². The minimum Gasteiger partial charge on any atom is -0.510 e. The number of esters is 2. The largest absolute Gasteiger partial charge is 0.510 e. The number of nitro groups is 1. The number of ether oxygens (including phenoxy) is 2. The zero-order chi connectivity index (χ0) is 21.4. The summed E-state index contributed by atoms with van der Waals surface area (Å²) < 4.78 is 9.85. The van der Waals surface area contributed by atoms with Gasteiger partial charge in [-0.05, 0) is 33.8 Å². The number of hydrogen-bond acceptors (Lipinski definition) is 9. The molecule has 1 aromatic carbocycles. The first-order valence-electron chi connectivity index (χ1n) is 8.34. The van der Waals surface area contributed by atoms with Gasteiger partial charge in [-0.2, -0.15) is 0 Å². The van der Waals surface area contributed by atoms with E-state index < -0.39 is 39.8 Å². The number of aliphatic hydroxyl groups excluding tert-OH is 2. The van der Waals surface area contributed by atoms with E-state index in [2.05, 4.69) is 0 Å². The van der Waals surface area contributed by atoms with E-state index >= 15 is 0 Å². The molecular weight excluding hydrogens is 372 g/mol. The van der Waals surface area contributed by atoms with Crippen LogP contribution in [-0.4, -0.2) is 40.3 Å². The molecule has 0 spiro atoms. The third-order valence-corrected chi connectivity index (χ3v) is 3.37. The fraction of sp³-hybridized carbons (Fsp3) is 0.333.